The molecule has 2 aromatic rings. The summed E-state index contributed by atoms with van der Waals surface area (Å²) in [5.41, 5.74) is 1.49. The lowest BCUT2D eigenvalue weighted by Gasteiger charge is -2.31. The number of hydrogen-bond donors (Lipinski definition) is 2. The summed E-state index contributed by atoms with van der Waals surface area (Å²) in [6, 6.07) is 8.13. The molecule has 1 amide bonds. The molecule has 1 aliphatic heterocycles. The van der Waals surface area contributed by atoms with Crippen LogP contribution < -0.4 is 5.32 Å². The second-order valence-corrected chi connectivity index (χ2v) is 7.99. The summed E-state index contributed by atoms with van der Waals surface area (Å²) >= 11 is 0. The van der Waals surface area contributed by atoms with Gasteiger partial charge >= 0.3 is 5.97 Å². The molecule has 1 aromatic carbocycles. The van der Waals surface area contributed by atoms with E-state index in [4.69, 9.17) is 4.74 Å². The number of amides is 1. The lowest BCUT2D eigenvalue weighted by atomic mass is 9.79. The molecule has 2 aliphatic carbocycles. The van der Waals surface area contributed by atoms with Gasteiger partial charge in [-0.15, -0.1) is 0 Å². The van der Waals surface area contributed by atoms with Gasteiger partial charge in [-0.3, -0.25) is 4.79 Å². The van der Waals surface area contributed by atoms with Crippen molar-refractivity contribution in [3.05, 3.63) is 36.0 Å². The van der Waals surface area contributed by atoms with Crippen molar-refractivity contribution < 1.29 is 14.3 Å². The smallest absolute Gasteiger partial charge is 0.332 e. The fraction of sp³-hybridized carbons (Fsp3) is 0.500. The van der Waals surface area contributed by atoms with Crippen molar-refractivity contribution in [1.82, 2.24) is 10.3 Å². The molecule has 2 N–H and O–H groups in total. The minimum absolute atomic E-state index is 0.0234. The van der Waals surface area contributed by atoms with Crippen molar-refractivity contribution in [2.75, 3.05) is 0 Å². The molecule has 0 radical (unpaired) electrons. The lowest BCUT2D eigenvalue weighted by Crippen LogP contribution is -2.52. The van der Waals surface area contributed by atoms with Gasteiger partial charge < -0.3 is 15.0 Å². The predicted molar refractivity (Wildman–Crippen MR) is 92.8 cm³/mol. The summed E-state index contributed by atoms with van der Waals surface area (Å²) in [7, 11) is 0. The molecule has 25 heavy (non-hydrogen) atoms. The van der Waals surface area contributed by atoms with E-state index in [1.165, 1.54) is 0 Å². The number of H-pyrrole nitrogens is 1. The van der Waals surface area contributed by atoms with Crippen LogP contribution in [0.2, 0.25) is 0 Å². The number of aromatic amines is 1. The second-order valence-electron chi connectivity index (χ2n) is 7.99. The Labute approximate surface area is 146 Å². The number of benzene rings is 1. The molecule has 5 nitrogen and oxygen atoms in total. The van der Waals surface area contributed by atoms with E-state index in [9.17, 15) is 9.59 Å². The third-order valence-electron chi connectivity index (χ3n) is 6.44. The first-order chi connectivity index (χ1) is 12.1. The van der Waals surface area contributed by atoms with Gasteiger partial charge in [0.25, 0.3) is 0 Å². The highest BCUT2D eigenvalue weighted by molar-refractivity contribution is 5.95. The average molecular weight is 338 g/mol. The number of ether oxygens (including phenoxy) is 1. The van der Waals surface area contributed by atoms with E-state index in [1.54, 1.807) is 0 Å². The Hall–Kier alpha value is -2.30. The molecule has 5 heteroatoms. The number of rotatable bonds is 4. The molecule has 2 saturated carbocycles. The Morgan fingerprint density at radius 1 is 1.36 bits per heavy atom. The van der Waals surface area contributed by atoms with Gasteiger partial charge in [0.15, 0.2) is 0 Å². The molecule has 130 valence electrons. The third kappa shape index (κ3) is 2.08. The maximum Gasteiger partial charge on any atom is 0.332 e. The summed E-state index contributed by atoms with van der Waals surface area (Å²) in [6.07, 6.45) is 5.09. The largest absolute Gasteiger partial charge is 0.461 e. The molecule has 2 bridgehead atoms. The van der Waals surface area contributed by atoms with Crippen LogP contribution in [0.5, 0.6) is 0 Å². The summed E-state index contributed by atoms with van der Waals surface area (Å²) in [6.45, 7) is 1.93. The van der Waals surface area contributed by atoms with Crippen molar-refractivity contribution in [2.24, 2.45) is 17.8 Å². The highest BCUT2D eigenvalue weighted by Gasteiger charge is 2.67. The quantitative estimate of drug-likeness (QED) is 0.842. The van der Waals surface area contributed by atoms with Crippen LogP contribution in [0.25, 0.3) is 10.9 Å². The van der Waals surface area contributed by atoms with Gasteiger partial charge in [0.1, 0.15) is 11.6 Å². The molecular formula is C20H22N2O3. The normalized spacial score (nSPS) is 33.6. The Kier molecular flexibility index (Phi) is 3.06. The Balaban J connectivity index is 1.32. The van der Waals surface area contributed by atoms with Crippen LogP contribution in [0, 0.1) is 17.8 Å². The first kappa shape index (κ1) is 15.0. The number of esters is 1. The number of carbonyl (C=O) groups excluding carboxylic acids is 2. The van der Waals surface area contributed by atoms with Crippen LogP contribution >= 0.6 is 0 Å². The van der Waals surface area contributed by atoms with E-state index in [2.05, 4.69) is 16.4 Å². The van der Waals surface area contributed by atoms with Gasteiger partial charge in [-0.2, -0.15) is 0 Å². The zero-order valence-electron chi connectivity index (χ0n) is 14.2. The van der Waals surface area contributed by atoms with Crippen LogP contribution in [0.4, 0.5) is 0 Å². The lowest BCUT2D eigenvalue weighted by molar-refractivity contribution is -0.158. The minimum atomic E-state index is -0.751. The molecule has 1 aromatic heterocycles. The maximum absolute atomic E-state index is 12.9. The number of carbonyl (C=O) groups is 2. The van der Waals surface area contributed by atoms with E-state index in [0.29, 0.717) is 12.3 Å². The van der Waals surface area contributed by atoms with Crippen molar-refractivity contribution in [3.63, 3.8) is 0 Å². The molecule has 0 spiro atoms. The van der Waals surface area contributed by atoms with Crippen LogP contribution in [0.3, 0.4) is 0 Å². The summed E-state index contributed by atoms with van der Waals surface area (Å²) in [4.78, 5) is 28.3. The molecule has 1 saturated heterocycles. The van der Waals surface area contributed by atoms with Crippen molar-refractivity contribution >= 4 is 22.8 Å². The standard InChI is InChI=1S/C20H22N2O3/c1-11(6-13-10-21-17-5-3-2-4-14(13)17)25-19(24)20-9-12-7-15(16(20)8-12)18(23)22-20/h2-5,10-12,15-16,21H,6-9H2,1H3,(H,22,23). The Bertz CT molecular complexity index is 873. The predicted octanol–water partition coefficient (Wildman–Crippen LogP) is 2.56. The number of para-hydroxylation sites is 1. The molecule has 5 rings (SSSR count). The molecule has 5 unspecified atom stereocenters. The van der Waals surface area contributed by atoms with Gasteiger partial charge in [0, 0.05) is 35.4 Å². The van der Waals surface area contributed by atoms with Gasteiger partial charge in [0.05, 0.1) is 0 Å². The second kappa shape index (κ2) is 5.10. The van der Waals surface area contributed by atoms with E-state index in [-0.39, 0.29) is 29.8 Å². The molecular weight excluding hydrogens is 316 g/mol. The molecule has 3 fully saturated rings. The number of fused-ring (bicyclic) bond motifs is 2. The van der Waals surface area contributed by atoms with Gasteiger partial charge in [-0.05, 0) is 43.7 Å². The van der Waals surface area contributed by atoms with Gasteiger partial charge in [-0.1, -0.05) is 18.2 Å². The topological polar surface area (TPSA) is 71.2 Å². The maximum atomic E-state index is 12.9. The highest BCUT2D eigenvalue weighted by Crippen LogP contribution is 2.58. The van der Waals surface area contributed by atoms with Crippen LogP contribution in [0.15, 0.2) is 30.5 Å². The molecule has 5 atom stereocenters. The number of nitrogens with one attached hydrogen (secondary N) is 2. The third-order valence-corrected chi connectivity index (χ3v) is 6.44. The van der Waals surface area contributed by atoms with E-state index in [1.807, 2.05) is 31.3 Å². The van der Waals surface area contributed by atoms with Crippen LogP contribution in [-0.2, 0) is 20.7 Å². The molecule has 3 aliphatic rings. The molecule has 2 heterocycles. The number of hydrogen-bond acceptors (Lipinski definition) is 3. The van der Waals surface area contributed by atoms with E-state index in [0.717, 1.165) is 35.7 Å². The summed E-state index contributed by atoms with van der Waals surface area (Å²) in [5.74, 6) is 0.465. The Morgan fingerprint density at radius 2 is 2.20 bits per heavy atom. The van der Waals surface area contributed by atoms with Crippen molar-refractivity contribution in [2.45, 2.75) is 44.2 Å². The fourth-order valence-electron chi connectivity index (χ4n) is 5.43. The van der Waals surface area contributed by atoms with Crippen molar-refractivity contribution in [1.29, 1.82) is 0 Å². The zero-order valence-corrected chi connectivity index (χ0v) is 14.2. The summed E-state index contributed by atoms with van der Waals surface area (Å²) in [5, 5.41) is 4.16. The fourth-order valence-corrected chi connectivity index (χ4v) is 5.43. The first-order valence-corrected chi connectivity index (χ1v) is 9.15. The van der Waals surface area contributed by atoms with E-state index >= 15 is 0 Å². The minimum Gasteiger partial charge on any atom is -0.461 e. The van der Waals surface area contributed by atoms with Gasteiger partial charge in [0.2, 0.25) is 5.91 Å². The van der Waals surface area contributed by atoms with E-state index < -0.39 is 5.54 Å². The highest BCUT2D eigenvalue weighted by atomic mass is 16.5. The SMILES string of the molecule is CC(Cc1c[nH]c2ccccc12)OC(=O)C12CC3CC(C(=O)N1)C2C3. The van der Waals surface area contributed by atoms with Crippen LogP contribution in [0.1, 0.15) is 31.7 Å². The zero-order chi connectivity index (χ0) is 17.2. The van der Waals surface area contributed by atoms with Crippen LogP contribution in [-0.4, -0.2) is 28.5 Å². The first-order valence-electron chi connectivity index (χ1n) is 9.15. The van der Waals surface area contributed by atoms with Gasteiger partial charge in [-0.25, -0.2) is 4.79 Å². The summed E-state index contributed by atoms with van der Waals surface area (Å²) < 4.78 is 5.81. The number of aromatic nitrogens is 1. The monoisotopic (exact) mass is 338 g/mol. The Morgan fingerprint density at radius 3 is 3.04 bits per heavy atom. The average Bonchev–Trinajstić information content (AvgIpc) is 3.29. The van der Waals surface area contributed by atoms with Crippen molar-refractivity contribution in [3.8, 4) is 0 Å².